The van der Waals surface area contributed by atoms with Crippen LogP contribution in [-0.4, -0.2) is 55.4 Å². The van der Waals surface area contributed by atoms with E-state index in [1.54, 1.807) is 13.8 Å². The van der Waals surface area contributed by atoms with Gasteiger partial charge in [0.2, 0.25) is 11.6 Å². The molecular weight excluding hydrogens is 314 g/mol. The van der Waals surface area contributed by atoms with Crippen LogP contribution in [0.3, 0.4) is 0 Å². The number of nitrogens with zero attached hydrogens (tertiary/aromatic N) is 6. The number of nitrogen functional groups attached to an aromatic ring is 1. The molecule has 0 amide bonds. The van der Waals surface area contributed by atoms with Gasteiger partial charge >= 0.3 is 5.97 Å². The Balaban J connectivity index is 1.95. The number of esters is 1. The molecule has 0 aromatic carbocycles. The van der Waals surface area contributed by atoms with Crippen molar-refractivity contribution in [2.45, 2.75) is 45.8 Å². The molecule has 24 heavy (non-hydrogen) atoms. The molecule has 0 atom stereocenters. The van der Waals surface area contributed by atoms with Gasteiger partial charge in [-0.25, -0.2) is 9.42 Å². The quantitative estimate of drug-likeness (QED) is 0.789. The second-order valence-corrected chi connectivity index (χ2v) is 6.06. The van der Waals surface area contributed by atoms with Crippen molar-refractivity contribution >= 4 is 11.8 Å². The van der Waals surface area contributed by atoms with Gasteiger partial charge in [0, 0.05) is 6.54 Å². The lowest BCUT2D eigenvalue weighted by Crippen LogP contribution is -2.31. The fourth-order valence-corrected chi connectivity index (χ4v) is 2.71. The van der Waals surface area contributed by atoms with Crippen molar-refractivity contribution in [1.82, 2.24) is 30.2 Å². The van der Waals surface area contributed by atoms with Gasteiger partial charge in [-0.3, -0.25) is 4.90 Å². The summed E-state index contributed by atoms with van der Waals surface area (Å²) in [5, 5.41) is 15.3. The maximum absolute atomic E-state index is 12.3. The number of carbonyl (C=O) groups excluding carboxylic acids is 1. The fraction of sp³-hybridized carbons (Fsp3) is 0.643. The number of anilines is 1. The van der Waals surface area contributed by atoms with Gasteiger partial charge in [0.1, 0.15) is 0 Å². The summed E-state index contributed by atoms with van der Waals surface area (Å²) in [4.78, 5) is 14.6. The van der Waals surface area contributed by atoms with Crippen molar-refractivity contribution in [2.24, 2.45) is 0 Å². The monoisotopic (exact) mass is 335 g/mol. The molecule has 10 nitrogen and oxygen atoms in total. The van der Waals surface area contributed by atoms with Crippen LogP contribution in [0.2, 0.25) is 0 Å². The minimum atomic E-state index is -0.515. The van der Waals surface area contributed by atoms with Crippen molar-refractivity contribution in [3.63, 3.8) is 0 Å². The zero-order chi connectivity index (χ0) is 17.1. The van der Waals surface area contributed by atoms with E-state index in [0.717, 1.165) is 25.9 Å². The molecule has 10 heteroatoms. The van der Waals surface area contributed by atoms with Crippen LogP contribution in [0.25, 0.3) is 5.82 Å². The number of likely N-dealkylation sites (tertiary alicyclic amines) is 1. The molecule has 1 fully saturated rings. The number of hydrogen-bond acceptors (Lipinski definition) is 9. The molecule has 2 aromatic heterocycles. The second kappa shape index (κ2) is 6.95. The Morgan fingerprint density at radius 1 is 1.29 bits per heavy atom. The maximum atomic E-state index is 12.3. The fourth-order valence-electron chi connectivity index (χ4n) is 2.71. The molecule has 0 radical (unpaired) electrons. The Morgan fingerprint density at radius 2 is 2.04 bits per heavy atom. The number of ether oxygens (including phenoxy) is 1. The summed E-state index contributed by atoms with van der Waals surface area (Å²) in [6, 6.07) is 0. The van der Waals surface area contributed by atoms with Crippen LogP contribution < -0.4 is 5.73 Å². The molecule has 1 saturated heterocycles. The Kier molecular flexibility index (Phi) is 4.74. The highest BCUT2D eigenvalue weighted by Crippen LogP contribution is 2.20. The molecule has 0 saturated carbocycles. The first-order chi connectivity index (χ1) is 11.6. The normalized spacial score (nSPS) is 15.8. The molecule has 2 N–H and O–H groups in total. The topological polar surface area (TPSA) is 125 Å². The van der Waals surface area contributed by atoms with Gasteiger partial charge in [0.05, 0.1) is 11.8 Å². The highest BCUT2D eigenvalue weighted by Gasteiger charge is 2.27. The summed E-state index contributed by atoms with van der Waals surface area (Å²) in [6.07, 6.45) is 3.22. The first-order valence-electron chi connectivity index (χ1n) is 8.02. The number of nitrogens with two attached hydrogens (primary N) is 1. The minimum Gasteiger partial charge on any atom is -0.458 e. The average molecular weight is 335 g/mol. The molecule has 1 aliphatic heterocycles. The summed E-state index contributed by atoms with van der Waals surface area (Å²) >= 11 is 0. The molecule has 1 aliphatic rings. The molecule has 0 aliphatic carbocycles. The Bertz CT molecular complexity index is 703. The summed E-state index contributed by atoms with van der Waals surface area (Å²) in [7, 11) is 0. The first kappa shape index (κ1) is 16.4. The van der Waals surface area contributed by atoms with Gasteiger partial charge in [0.25, 0.3) is 0 Å². The van der Waals surface area contributed by atoms with Crippen molar-refractivity contribution in [1.29, 1.82) is 0 Å². The molecule has 0 unspecified atom stereocenters. The van der Waals surface area contributed by atoms with Gasteiger partial charge in [-0.15, -0.1) is 5.10 Å². The SMILES string of the molecule is CC(C)OC(=O)c1nnn(-c2nonc2N)c1CN1CCCCC1. The second-order valence-electron chi connectivity index (χ2n) is 6.06. The van der Waals surface area contributed by atoms with Gasteiger partial charge in [-0.1, -0.05) is 11.6 Å². The zero-order valence-corrected chi connectivity index (χ0v) is 13.8. The van der Waals surface area contributed by atoms with Gasteiger partial charge in [-0.2, -0.15) is 4.68 Å². The maximum Gasteiger partial charge on any atom is 0.361 e. The Morgan fingerprint density at radius 3 is 2.67 bits per heavy atom. The van der Waals surface area contributed by atoms with E-state index in [4.69, 9.17) is 10.5 Å². The van der Waals surface area contributed by atoms with E-state index < -0.39 is 5.97 Å². The van der Waals surface area contributed by atoms with Crippen LogP contribution in [0.4, 0.5) is 5.82 Å². The highest BCUT2D eigenvalue weighted by atomic mass is 16.6. The van der Waals surface area contributed by atoms with Crippen molar-refractivity contribution in [3.8, 4) is 5.82 Å². The third kappa shape index (κ3) is 3.37. The van der Waals surface area contributed by atoms with E-state index in [-0.39, 0.29) is 23.4 Å². The van der Waals surface area contributed by atoms with E-state index in [2.05, 4.69) is 30.2 Å². The number of aromatic nitrogens is 5. The van der Waals surface area contributed by atoms with E-state index in [1.165, 1.54) is 11.1 Å². The summed E-state index contributed by atoms with van der Waals surface area (Å²) in [6.45, 7) is 5.98. The lowest BCUT2D eigenvalue weighted by molar-refractivity contribution is 0.0368. The molecule has 2 aromatic rings. The van der Waals surface area contributed by atoms with Crippen LogP contribution in [0, 0.1) is 0 Å². The van der Waals surface area contributed by atoms with Crippen LogP contribution in [0.5, 0.6) is 0 Å². The molecule has 0 spiro atoms. The number of hydrogen-bond donors (Lipinski definition) is 1. The molecule has 130 valence electrons. The summed E-state index contributed by atoms with van der Waals surface area (Å²) in [5.41, 5.74) is 6.49. The van der Waals surface area contributed by atoms with Crippen molar-refractivity contribution < 1.29 is 14.2 Å². The largest absolute Gasteiger partial charge is 0.458 e. The third-order valence-electron chi connectivity index (χ3n) is 3.82. The highest BCUT2D eigenvalue weighted by molar-refractivity contribution is 5.88. The smallest absolute Gasteiger partial charge is 0.361 e. The number of piperidine rings is 1. The zero-order valence-electron chi connectivity index (χ0n) is 13.8. The standard InChI is InChI=1S/C14H21N7O3/c1-9(2)23-14(22)11-10(8-20-6-4-3-5-7-20)21(19-16-11)13-12(15)17-24-18-13/h9H,3-8H2,1-2H3,(H2,15,17). The summed E-state index contributed by atoms with van der Waals surface area (Å²) in [5.74, 6) is -0.208. The number of carbonyl (C=O) groups is 1. The van der Waals surface area contributed by atoms with Crippen LogP contribution >= 0.6 is 0 Å². The Labute approximate surface area is 138 Å². The minimum absolute atomic E-state index is 0.0866. The lowest BCUT2D eigenvalue weighted by Gasteiger charge is -2.26. The van der Waals surface area contributed by atoms with Crippen LogP contribution in [0.1, 0.15) is 49.3 Å². The van der Waals surface area contributed by atoms with Crippen LogP contribution in [0.15, 0.2) is 4.63 Å². The molecule has 3 heterocycles. The summed E-state index contributed by atoms with van der Waals surface area (Å²) < 4.78 is 11.3. The molecular formula is C14H21N7O3. The van der Waals surface area contributed by atoms with E-state index >= 15 is 0 Å². The average Bonchev–Trinajstić information content (AvgIpc) is 3.13. The van der Waals surface area contributed by atoms with E-state index in [9.17, 15) is 4.79 Å². The first-order valence-corrected chi connectivity index (χ1v) is 8.02. The molecule has 3 rings (SSSR count). The lowest BCUT2D eigenvalue weighted by atomic mass is 10.1. The van der Waals surface area contributed by atoms with E-state index in [0.29, 0.717) is 12.2 Å². The molecule has 0 bridgehead atoms. The predicted molar refractivity (Wildman–Crippen MR) is 83.3 cm³/mol. The van der Waals surface area contributed by atoms with Crippen molar-refractivity contribution in [3.05, 3.63) is 11.4 Å². The van der Waals surface area contributed by atoms with Crippen molar-refractivity contribution in [2.75, 3.05) is 18.8 Å². The van der Waals surface area contributed by atoms with Gasteiger partial charge < -0.3 is 10.5 Å². The third-order valence-corrected chi connectivity index (χ3v) is 3.82. The Hall–Kier alpha value is -2.49. The van der Waals surface area contributed by atoms with Gasteiger partial charge in [0.15, 0.2) is 5.69 Å². The van der Waals surface area contributed by atoms with E-state index in [1.807, 2.05) is 0 Å². The predicted octanol–water partition coefficient (Wildman–Crippen LogP) is 0.784. The van der Waals surface area contributed by atoms with Gasteiger partial charge in [-0.05, 0) is 50.1 Å². The van der Waals surface area contributed by atoms with Crippen LogP contribution in [-0.2, 0) is 11.3 Å². The number of rotatable bonds is 5.